The number of para-hydroxylation sites is 2. The van der Waals surface area contributed by atoms with Crippen LogP contribution in [0.4, 0.5) is 0 Å². The molecule has 0 saturated heterocycles. The molecular weight excluding hydrogens is 274 g/mol. The van der Waals surface area contributed by atoms with Crippen LogP contribution in [-0.4, -0.2) is 24.5 Å². The number of hydrogen-bond acceptors (Lipinski definition) is 3. The van der Waals surface area contributed by atoms with Gasteiger partial charge in [0.15, 0.2) is 0 Å². The van der Waals surface area contributed by atoms with Crippen molar-refractivity contribution in [3.05, 3.63) is 66.6 Å². The quantitative estimate of drug-likeness (QED) is 0.582. The van der Waals surface area contributed by atoms with E-state index in [1.165, 1.54) is 0 Å². The molecule has 2 aromatic heterocycles. The Morgan fingerprint density at radius 1 is 0.955 bits per heavy atom. The largest absolute Gasteiger partial charge is 0.330 e. The van der Waals surface area contributed by atoms with Crippen molar-refractivity contribution in [3.8, 4) is 11.3 Å². The summed E-state index contributed by atoms with van der Waals surface area (Å²) in [4.78, 5) is 4.66. The average Bonchev–Trinajstić information content (AvgIpc) is 3.15. The van der Waals surface area contributed by atoms with Gasteiger partial charge in [0.2, 0.25) is 0 Å². The number of aromatic nitrogens is 5. The molecule has 0 bridgehead atoms. The molecule has 0 atom stereocenters. The number of fused-ring (bicyclic) bond motifs is 1. The number of hydrogen-bond donors (Lipinski definition) is 0. The SMILES string of the molecule is Cn1c(Cn2cc(-c3ccccc3)nn2)nc2ccccc21. The van der Waals surface area contributed by atoms with Gasteiger partial charge in [-0.3, -0.25) is 0 Å². The molecule has 0 radical (unpaired) electrons. The van der Waals surface area contributed by atoms with Gasteiger partial charge in [-0.2, -0.15) is 0 Å². The van der Waals surface area contributed by atoms with Gasteiger partial charge < -0.3 is 4.57 Å². The van der Waals surface area contributed by atoms with E-state index in [9.17, 15) is 0 Å². The van der Waals surface area contributed by atoms with E-state index < -0.39 is 0 Å². The first-order valence-electron chi connectivity index (χ1n) is 7.17. The van der Waals surface area contributed by atoms with Gasteiger partial charge in [-0.1, -0.05) is 47.7 Å². The topological polar surface area (TPSA) is 48.5 Å². The van der Waals surface area contributed by atoms with Crippen LogP contribution in [0, 0.1) is 0 Å². The Hall–Kier alpha value is -2.95. The lowest BCUT2D eigenvalue weighted by atomic mass is 10.2. The van der Waals surface area contributed by atoms with E-state index in [2.05, 4.69) is 25.9 Å². The predicted octanol–water partition coefficient (Wildman–Crippen LogP) is 2.88. The summed E-state index contributed by atoms with van der Waals surface area (Å²) in [7, 11) is 2.03. The van der Waals surface area contributed by atoms with E-state index in [0.29, 0.717) is 6.54 Å². The van der Waals surface area contributed by atoms with E-state index in [1.807, 2.05) is 66.5 Å². The summed E-state index contributed by atoms with van der Waals surface area (Å²) in [6.07, 6.45) is 1.95. The van der Waals surface area contributed by atoms with Crippen molar-refractivity contribution in [2.75, 3.05) is 0 Å². The van der Waals surface area contributed by atoms with E-state index in [4.69, 9.17) is 0 Å². The maximum absolute atomic E-state index is 4.66. The summed E-state index contributed by atoms with van der Waals surface area (Å²) in [6, 6.07) is 18.2. The first kappa shape index (κ1) is 12.8. The molecule has 0 aliphatic carbocycles. The number of nitrogens with zero attached hydrogens (tertiary/aromatic N) is 5. The van der Waals surface area contributed by atoms with Gasteiger partial charge in [0.1, 0.15) is 18.1 Å². The summed E-state index contributed by atoms with van der Waals surface area (Å²) in [6.45, 7) is 0.602. The summed E-state index contributed by atoms with van der Waals surface area (Å²) in [5, 5.41) is 8.45. The normalized spacial score (nSPS) is 11.1. The molecule has 0 amide bonds. The molecule has 0 fully saturated rings. The Labute approximate surface area is 127 Å². The molecule has 0 spiro atoms. The fourth-order valence-electron chi connectivity index (χ4n) is 2.60. The van der Waals surface area contributed by atoms with Crippen LogP contribution in [-0.2, 0) is 13.6 Å². The van der Waals surface area contributed by atoms with Gasteiger partial charge in [0, 0.05) is 12.6 Å². The van der Waals surface area contributed by atoms with Crippen LogP contribution in [0.3, 0.4) is 0 Å². The van der Waals surface area contributed by atoms with Crippen LogP contribution in [0.2, 0.25) is 0 Å². The van der Waals surface area contributed by atoms with E-state index in [1.54, 1.807) is 0 Å². The lowest BCUT2D eigenvalue weighted by Crippen LogP contribution is -2.06. The van der Waals surface area contributed by atoms with Gasteiger partial charge in [-0.15, -0.1) is 5.10 Å². The third-order valence-corrected chi connectivity index (χ3v) is 3.79. The molecular formula is C17H15N5. The van der Waals surface area contributed by atoms with Crippen LogP contribution in [0.15, 0.2) is 60.8 Å². The predicted molar refractivity (Wildman–Crippen MR) is 85.3 cm³/mol. The summed E-state index contributed by atoms with van der Waals surface area (Å²) >= 11 is 0. The maximum Gasteiger partial charge on any atom is 0.131 e. The smallest absolute Gasteiger partial charge is 0.131 e. The molecule has 5 heteroatoms. The molecule has 108 valence electrons. The minimum atomic E-state index is 0.602. The fourth-order valence-corrected chi connectivity index (χ4v) is 2.60. The van der Waals surface area contributed by atoms with Crippen molar-refractivity contribution in [3.63, 3.8) is 0 Å². The molecule has 5 nitrogen and oxygen atoms in total. The monoisotopic (exact) mass is 289 g/mol. The van der Waals surface area contributed by atoms with Gasteiger partial charge >= 0.3 is 0 Å². The minimum Gasteiger partial charge on any atom is -0.330 e. The number of rotatable bonds is 3. The summed E-state index contributed by atoms with van der Waals surface area (Å²) in [5.41, 5.74) is 4.07. The Bertz CT molecular complexity index is 921. The highest BCUT2D eigenvalue weighted by Crippen LogP contribution is 2.17. The molecule has 4 rings (SSSR count). The van der Waals surface area contributed by atoms with Crippen molar-refractivity contribution in [2.24, 2.45) is 7.05 Å². The Morgan fingerprint density at radius 3 is 2.55 bits per heavy atom. The molecule has 0 aliphatic rings. The zero-order valence-electron chi connectivity index (χ0n) is 12.2. The van der Waals surface area contributed by atoms with Gasteiger partial charge in [0.05, 0.1) is 17.2 Å². The second kappa shape index (κ2) is 5.11. The first-order chi connectivity index (χ1) is 10.8. The first-order valence-corrected chi connectivity index (χ1v) is 7.17. The van der Waals surface area contributed by atoms with E-state index >= 15 is 0 Å². The fraction of sp³-hybridized carbons (Fsp3) is 0.118. The summed E-state index contributed by atoms with van der Waals surface area (Å²) in [5.74, 6) is 0.964. The molecule has 4 aromatic rings. The van der Waals surface area contributed by atoms with Crippen LogP contribution < -0.4 is 0 Å². The highest BCUT2D eigenvalue weighted by Gasteiger charge is 2.09. The Morgan fingerprint density at radius 2 is 1.73 bits per heavy atom. The van der Waals surface area contributed by atoms with Crippen molar-refractivity contribution < 1.29 is 0 Å². The lowest BCUT2D eigenvalue weighted by Gasteiger charge is -2.01. The van der Waals surface area contributed by atoms with Gasteiger partial charge in [0.25, 0.3) is 0 Å². The lowest BCUT2D eigenvalue weighted by molar-refractivity contribution is 0.610. The Kier molecular flexibility index (Phi) is 2.96. The van der Waals surface area contributed by atoms with E-state index in [-0.39, 0.29) is 0 Å². The highest BCUT2D eigenvalue weighted by atomic mass is 15.4. The van der Waals surface area contributed by atoms with Crippen molar-refractivity contribution in [1.29, 1.82) is 0 Å². The van der Waals surface area contributed by atoms with Crippen molar-refractivity contribution in [2.45, 2.75) is 6.54 Å². The van der Waals surface area contributed by atoms with Crippen LogP contribution in [0.25, 0.3) is 22.3 Å². The number of aryl methyl sites for hydroxylation is 1. The third kappa shape index (κ3) is 2.16. The molecule has 22 heavy (non-hydrogen) atoms. The summed E-state index contributed by atoms with van der Waals surface area (Å²) < 4.78 is 3.92. The van der Waals surface area contributed by atoms with Crippen LogP contribution in [0.1, 0.15) is 5.82 Å². The molecule has 0 N–H and O–H groups in total. The average molecular weight is 289 g/mol. The van der Waals surface area contributed by atoms with Gasteiger partial charge in [-0.25, -0.2) is 9.67 Å². The third-order valence-electron chi connectivity index (χ3n) is 3.79. The highest BCUT2D eigenvalue weighted by molar-refractivity contribution is 5.75. The van der Waals surface area contributed by atoms with Gasteiger partial charge in [-0.05, 0) is 12.1 Å². The molecule has 0 saturated carbocycles. The second-order valence-electron chi connectivity index (χ2n) is 5.24. The maximum atomic E-state index is 4.66. The zero-order valence-corrected chi connectivity index (χ0v) is 12.2. The van der Waals surface area contributed by atoms with Crippen LogP contribution >= 0.6 is 0 Å². The minimum absolute atomic E-state index is 0.602. The molecule has 0 unspecified atom stereocenters. The second-order valence-corrected chi connectivity index (χ2v) is 5.24. The number of benzene rings is 2. The molecule has 2 heterocycles. The van der Waals surface area contributed by atoms with E-state index in [0.717, 1.165) is 28.1 Å². The number of imidazole rings is 1. The zero-order chi connectivity index (χ0) is 14.9. The molecule has 0 aliphatic heterocycles. The van der Waals surface area contributed by atoms with Crippen LogP contribution in [0.5, 0.6) is 0 Å². The van der Waals surface area contributed by atoms with Crippen molar-refractivity contribution in [1.82, 2.24) is 24.5 Å². The molecule has 2 aromatic carbocycles. The van der Waals surface area contributed by atoms with Crippen molar-refractivity contribution >= 4 is 11.0 Å². The standard InChI is InChI=1S/C17H15N5/c1-21-16-10-6-5-9-14(16)18-17(21)12-22-11-15(19-20-22)13-7-3-2-4-8-13/h2-11H,12H2,1H3. The Balaban J connectivity index is 1.66.